The van der Waals surface area contributed by atoms with Gasteiger partial charge in [-0.3, -0.25) is 4.98 Å². The molecule has 2 aromatic heterocycles. The molecule has 1 aromatic carbocycles. The molecule has 0 saturated carbocycles. The average Bonchev–Trinajstić information content (AvgIpc) is 2.53. The van der Waals surface area contributed by atoms with Crippen LogP contribution in [-0.4, -0.2) is 22.6 Å². The van der Waals surface area contributed by atoms with E-state index in [1.54, 1.807) is 24.4 Å². The molecule has 0 unspecified atom stereocenters. The van der Waals surface area contributed by atoms with Crippen molar-refractivity contribution in [3.05, 3.63) is 48.4 Å². The zero-order valence-electron chi connectivity index (χ0n) is 14.2. The zero-order valence-corrected chi connectivity index (χ0v) is 14.2. The van der Waals surface area contributed by atoms with Gasteiger partial charge in [0.25, 0.3) is 0 Å². The lowest BCUT2D eigenvalue weighted by Crippen LogP contribution is -2.26. The van der Waals surface area contributed by atoms with Gasteiger partial charge in [-0.15, -0.1) is 0 Å². The summed E-state index contributed by atoms with van der Waals surface area (Å²) in [7, 11) is 1.45. The van der Waals surface area contributed by atoms with E-state index in [4.69, 9.17) is 4.74 Å². The van der Waals surface area contributed by atoms with Crippen LogP contribution < -0.4 is 10.1 Å². The highest BCUT2D eigenvalue weighted by Gasteiger charge is 2.13. The van der Waals surface area contributed by atoms with Crippen LogP contribution in [0.2, 0.25) is 0 Å². The maximum atomic E-state index is 14.5. The fourth-order valence-electron chi connectivity index (χ4n) is 2.50. The number of hydrogen-bond donors (Lipinski definition) is 1. The third-order valence-electron chi connectivity index (χ3n) is 3.53. The first-order valence-electron chi connectivity index (χ1n) is 7.75. The van der Waals surface area contributed by atoms with Gasteiger partial charge in [-0.2, -0.15) is 0 Å². The molecule has 24 heavy (non-hydrogen) atoms. The van der Waals surface area contributed by atoms with Crippen LogP contribution in [0.15, 0.2) is 42.6 Å². The van der Waals surface area contributed by atoms with E-state index in [0.717, 1.165) is 11.3 Å². The van der Waals surface area contributed by atoms with Gasteiger partial charge < -0.3 is 10.1 Å². The molecule has 0 spiro atoms. The molecule has 0 amide bonds. The van der Waals surface area contributed by atoms with Gasteiger partial charge in [0.05, 0.1) is 18.1 Å². The smallest absolute Gasteiger partial charge is 0.172 e. The van der Waals surface area contributed by atoms with Crippen molar-refractivity contribution in [2.75, 3.05) is 12.4 Å². The van der Waals surface area contributed by atoms with Crippen molar-refractivity contribution < 1.29 is 9.13 Å². The molecule has 0 atom stereocenters. The lowest BCUT2D eigenvalue weighted by Gasteiger charge is -2.21. The Morgan fingerprint density at radius 2 is 1.88 bits per heavy atom. The normalized spacial score (nSPS) is 11.5. The van der Waals surface area contributed by atoms with Crippen molar-refractivity contribution in [3.8, 4) is 16.9 Å². The quantitative estimate of drug-likeness (QED) is 0.761. The summed E-state index contributed by atoms with van der Waals surface area (Å²) in [4.78, 5) is 8.99. The van der Waals surface area contributed by atoms with Crippen LogP contribution in [0, 0.1) is 5.82 Å². The molecule has 0 fully saturated rings. The first-order chi connectivity index (χ1) is 11.4. The van der Waals surface area contributed by atoms with Crippen LogP contribution >= 0.6 is 0 Å². The molecule has 3 aromatic rings. The van der Waals surface area contributed by atoms with E-state index >= 15 is 0 Å². The van der Waals surface area contributed by atoms with Crippen molar-refractivity contribution in [1.29, 1.82) is 0 Å². The van der Waals surface area contributed by atoms with Crippen LogP contribution in [0.5, 0.6) is 5.75 Å². The molecule has 0 aliphatic heterocycles. The number of nitrogens with one attached hydrogen (secondary N) is 1. The second-order valence-corrected chi connectivity index (χ2v) is 6.66. The van der Waals surface area contributed by atoms with Crippen molar-refractivity contribution in [2.45, 2.75) is 26.3 Å². The van der Waals surface area contributed by atoms with Gasteiger partial charge in [-0.1, -0.05) is 12.1 Å². The summed E-state index contributed by atoms with van der Waals surface area (Å²) in [5.41, 5.74) is 2.49. The van der Waals surface area contributed by atoms with Crippen molar-refractivity contribution in [2.24, 2.45) is 0 Å². The predicted octanol–water partition coefficient (Wildman–Crippen LogP) is 4.65. The van der Waals surface area contributed by atoms with E-state index in [0.29, 0.717) is 16.6 Å². The third-order valence-corrected chi connectivity index (χ3v) is 3.53. The molecule has 0 aliphatic carbocycles. The van der Waals surface area contributed by atoms with E-state index in [9.17, 15) is 4.39 Å². The zero-order chi connectivity index (χ0) is 17.3. The molecule has 1 N–H and O–H groups in total. The molecule has 0 bridgehead atoms. The fourth-order valence-corrected chi connectivity index (χ4v) is 2.50. The number of rotatable bonds is 3. The minimum atomic E-state index is -0.398. The number of hydrogen-bond acceptors (Lipinski definition) is 4. The lowest BCUT2D eigenvalue weighted by molar-refractivity contribution is 0.387. The molecule has 0 saturated heterocycles. The number of fused-ring (bicyclic) bond motifs is 1. The van der Waals surface area contributed by atoms with Crippen LogP contribution in [0.3, 0.4) is 0 Å². The molecule has 2 heterocycles. The second-order valence-electron chi connectivity index (χ2n) is 6.66. The van der Waals surface area contributed by atoms with E-state index < -0.39 is 5.82 Å². The number of aromatic nitrogens is 2. The highest BCUT2D eigenvalue weighted by atomic mass is 19.1. The van der Waals surface area contributed by atoms with E-state index in [1.165, 1.54) is 7.11 Å². The highest BCUT2D eigenvalue weighted by molar-refractivity contribution is 5.82. The molecule has 3 rings (SSSR count). The number of pyridine rings is 2. The Kier molecular flexibility index (Phi) is 4.09. The molecule has 0 radical (unpaired) electrons. The maximum absolute atomic E-state index is 14.5. The third kappa shape index (κ3) is 3.30. The Labute approximate surface area is 140 Å². The van der Waals surface area contributed by atoms with E-state index in [1.807, 2.05) is 18.2 Å². The molecule has 0 aliphatic rings. The summed E-state index contributed by atoms with van der Waals surface area (Å²) in [6.45, 7) is 6.21. The maximum Gasteiger partial charge on any atom is 0.172 e. The number of nitrogens with zero attached hydrogens (tertiary/aromatic N) is 2. The van der Waals surface area contributed by atoms with Gasteiger partial charge in [0.2, 0.25) is 0 Å². The van der Waals surface area contributed by atoms with Crippen LogP contribution in [0.25, 0.3) is 22.2 Å². The largest absolute Gasteiger partial charge is 0.494 e. The van der Waals surface area contributed by atoms with Gasteiger partial charge in [0.15, 0.2) is 11.6 Å². The van der Waals surface area contributed by atoms with E-state index in [-0.39, 0.29) is 11.3 Å². The SMILES string of the molecule is COc1cccc(-c2cnc3ccc(NC(C)(C)C)nc3c2)c1F. The number of methoxy groups -OCH3 is 1. The first kappa shape index (κ1) is 16.2. The minimum absolute atomic E-state index is 0.0926. The number of ether oxygens (including phenoxy) is 1. The summed E-state index contributed by atoms with van der Waals surface area (Å²) in [6.07, 6.45) is 1.65. The molecule has 4 nitrogen and oxygen atoms in total. The van der Waals surface area contributed by atoms with Crippen molar-refractivity contribution in [1.82, 2.24) is 9.97 Å². The Hall–Kier alpha value is -2.69. The summed E-state index contributed by atoms with van der Waals surface area (Å²) in [6, 6.07) is 10.7. The average molecular weight is 325 g/mol. The minimum Gasteiger partial charge on any atom is -0.494 e. The predicted molar refractivity (Wildman–Crippen MR) is 94.9 cm³/mol. The van der Waals surface area contributed by atoms with Gasteiger partial charge >= 0.3 is 0 Å². The summed E-state index contributed by atoms with van der Waals surface area (Å²) in [5.74, 6) is 0.578. The monoisotopic (exact) mass is 325 g/mol. The van der Waals surface area contributed by atoms with Gasteiger partial charge in [0, 0.05) is 22.9 Å². The van der Waals surface area contributed by atoms with Crippen LogP contribution in [-0.2, 0) is 0 Å². The first-order valence-corrected chi connectivity index (χ1v) is 7.75. The fraction of sp³-hybridized carbons (Fsp3) is 0.263. The van der Waals surface area contributed by atoms with Gasteiger partial charge in [-0.05, 0) is 45.0 Å². The highest BCUT2D eigenvalue weighted by Crippen LogP contribution is 2.30. The Balaban J connectivity index is 2.07. The van der Waals surface area contributed by atoms with Crippen LogP contribution in [0.1, 0.15) is 20.8 Å². The summed E-state index contributed by atoms with van der Waals surface area (Å²) < 4.78 is 19.5. The van der Waals surface area contributed by atoms with Gasteiger partial charge in [-0.25, -0.2) is 9.37 Å². The van der Waals surface area contributed by atoms with Crippen molar-refractivity contribution >= 4 is 16.9 Å². The summed E-state index contributed by atoms with van der Waals surface area (Å²) in [5, 5.41) is 3.33. The Bertz CT molecular complexity index is 887. The van der Waals surface area contributed by atoms with Crippen molar-refractivity contribution in [3.63, 3.8) is 0 Å². The second kappa shape index (κ2) is 6.07. The topological polar surface area (TPSA) is 47.0 Å². The standard InChI is InChI=1S/C19H20FN3O/c1-19(2,3)23-17-9-8-14-15(22-17)10-12(11-21-14)13-6-5-7-16(24-4)18(13)20/h5-11H,1-4H3,(H,22,23). The van der Waals surface area contributed by atoms with Crippen LogP contribution in [0.4, 0.5) is 10.2 Å². The molecule has 124 valence electrons. The molecular weight excluding hydrogens is 305 g/mol. The lowest BCUT2D eigenvalue weighted by atomic mass is 10.1. The molecule has 5 heteroatoms. The Morgan fingerprint density at radius 1 is 1.08 bits per heavy atom. The van der Waals surface area contributed by atoms with Gasteiger partial charge in [0.1, 0.15) is 5.82 Å². The summed E-state index contributed by atoms with van der Waals surface area (Å²) >= 11 is 0. The number of anilines is 1. The number of benzene rings is 1. The molecular formula is C19H20FN3O. The van der Waals surface area contributed by atoms with E-state index in [2.05, 4.69) is 36.1 Å². The number of halogens is 1. The Morgan fingerprint density at radius 3 is 2.58 bits per heavy atom.